The highest BCUT2D eigenvalue weighted by atomic mass is 35.5. The smallest absolute Gasteiger partial charge is 0.344 e. The van der Waals surface area contributed by atoms with Crippen molar-refractivity contribution < 1.29 is 19.1 Å². The number of hydrogen-bond donors (Lipinski definition) is 2. The zero-order valence-corrected chi connectivity index (χ0v) is 14.6. The molecule has 1 aliphatic heterocycles. The normalized spacial score (nSPS) is 20.3. The molecule has 8 heteroatoms. The Labute approximate surface area is 150 Å². The first-order valence-electron chi connectivity index (χ1n) is 8.31. The maximum atomic E-state index is 12.6. The van der Waals surface area contributed by atoms with E-state index < -0.39 is 29.5 Å². The molecule has 134 valence electrons. The number of imide groups is 1. The van der Waals surface area contributed by atoms with Crippen LogP contribution < -0.4 is 15.5 Å². The molecule has 1 aromatic carbocycles. The molecule has 3 rings (SSSR count). The molecule has 2 fully saturated rings. The van der Waals surface area contributed by atoms with Gasteiger partial charge in [-0.25, -0.2) is 4.79 Å². The zero-order chi connectivity index (χ0) is 18.0. The molecule has 2 aliphatic rings. The number of urea groups is 1. The van der Waals surface area contributed by atoms with Crippen LogP contribution in [0.3, 0.4) is 0 Å². The van der Waals surface area contributed by atoms with Gasteiger partial charge < -0.3 is 10.1 Å². The SMILES string of the molecule is C[C@@H](Oc1ccc(Cl)cc1)C(=O)NN1C(=O)NC2(CCCCC2)C1=O. The lowest BCUT2D eigenvalue weighted by molar-refractivity contribution is -0.142. The second-order valence-electron chi connectivity index (χ2n) is 6.40. The maximum absolute atomic E-state index is 12.6. The Hall–Kier alpha value is -2.28. The molecule has 2 N–H and O–H groups in total. The summed E-state index contributed by atoms with van der Waals surface area (Å²) < 4.78 is 5.51. The zero-order valence-electron chi connectivity index (χ0n) is 13.9. The summed E-state index contributed by atoms with van der Waals surface area (Å²) in [6.07, 6.45) is 3.11. The lowest BCUT2D eigenvalue weighted by Crippen LogP contribution is -2.53. The summed E-state index contributed by atoms with van der Waals surface area (Å²) >= 11 is 5.80. The van der Waals surface area contributed by atoms with Crippen LogP contribution in [0.25, 0.3) is 0 Å². The average molecular weight is 366 g/mol. The van der Waals surface area contributed by atoms with Crippen LogP contribution in [0.5, 0.6) is 5.75 Å². The van der Waals surface area contributed by atoms with Gasteiger partial charge in [0.25, 0.3) is 11.8 Å². The van der Waals surface area contributed by atoms with E-state index in [0.29, 0.717) is 23.6 Å². The van der Waals surface area contributed by atoms with E-state index in [9.17, 15) is 14.4 Å². The van der Waals surface area contributed by atoms with Gasteiger partial charge in [-0.3, -0.25) is 15.0 Å². The van der Waals surface area contributed by atoms with Gasteiger partial charge in [0.15, 0.2) is 6.10 Å². The molecular weight excluding hydrogens is 346 g/mol. The lowest BCUT2D eigenvalue weighted by Gasteiger charge is -2.30. The minimum atomic E-state index is -0.885. The summed E-state index contributed by atoms with van der Waals surface area (Å²) in [6, 6.07) is 5.96. The molecule has 1 heterocycles. The van der Waals surface area contributed by atoms with E-state index in [-0.39, 0.29) is 0 Å². The number of hydrazine groups is 1. The molecule has 0 bridgehead atoms. The number of nitrogens with one attached hydrogen (secondary N) is 2. The Balaban J connectivity index is 1.62. The predicted octanol–water partition coefficient (Wildman–Crippen LogP) is 2.39. The number of carbonyl (C=O) groups is 3. The monoisotopic (exact) mass is 365 g/mol. The third-order valence-electron chi connectivity index (χ3n) is 4.59. The molecule has 0 radical (unpaired) electrons. The molecule has 1 atom stereocenters. The molecule has 0 aromatic heterocycles. The Morgan fingerprint density at radius 3 is 2.52 bits per heavy atom. The summed E-state index contributed by atoms with van der Waals surface area (Å²) in [5.41, 5.74) is 1.49. The highest BCUT2D eigenvalue weighted by molar-refractivity contribution is 6.30. The van der Waals surface area contributed by atoms with Gasteiger partial charge in [0.05, 0.1) is 0 Å². The quantitative estimate of drug-likeness (QED) is 0.802. The molecule has 1 saturated carbocycles. The van der Waals surface area contributed by atoms with Crippen LogP contribution >= 0.6 is 11.6 Å². The van der Waals surface area contributed by atoms with Gasteiger partial charge in [-0.2, -0.15) is 5.01 Å². The Morgan fingerprint density at radius 1 is 1.24 bits per heavy atom. The van der Waals surface area contributed by atoms with E-state index in [4.69, 9.17) is 16.3 Å². The second-order valence-corrected chi connectivity index (χ2v) is 6.84. The molecule has 1 saturated heterocycles. The van der Waals surface area contributed by atoms with E-state index in [0.717, 1.165) is 24.3 Å². The van der Waals surface area contributed by atoms with Crippen LogP contribution in [0.2, 0.25) is 5.02 Å². The van der Waals surface area contributed by atoms with E-state index in [2.05, 4.69) is 10.7 Å². The van der Waals surface area contributed by atoms with E-state index in [1.54, 1.807) is 31.2 Å². The first-order chi connectivity index (χ1) is 11.9. The van der Waals surface area contributed by atoms with Crippen molar-refractivity contribution in [2.45, 2.75) is 50.7 Å². The van der Waals surface area contributed by atoms with Crippen molar-refractivity contribution in [2.24, 2.45) is 0 Å². The predicted molar refractivity (Wildman–Crippen MR) is 90.9 cm³/mol. The number of hydrogen-bond acceptors (Lipinski definition) is 4. The molecule has 1 aromatic rings. The third kappa shape index (κ3) is 3.56. The average Bonchev–Trinajstić information content (AvgIpc) is 2.81. The second kappa shape index (κ2) is 6.92. The van der Waals surface area contributed by atoms with Gasteiger partial charge in [0.2, 0.25) is 0 Å². The van der Waals surface area contributed by atoms with Crippen molar-refractivity contribution in [1.82, 2.24) is 15.8 Å². The summed E-state index contributed by atoms with van der Waals surface area (Å²) in [6.45, 7) is 1.54. The van der Waals surface area contributed by atoms with Gasteiger partial charge in [0, 0.05) is 5.02 Å². The lowest BCUT2D eigenvalue weighted by atomic mass is 9.82. The molecule has 4 amide bonds. The molecule has 1 spiro atoms. The van der Waals surface area contributed by atoms with Gasteiger partial charge >= 0.3 is 6.03 Å². The van der Waals surface area contributed by atoms with Crippen molar-refractivity contribution in [1.29, 1.82) is 0 Å². The van der Waals surface area contributed by atoms with Crippen molar-refractivity contribution in [3.63, 3.8) is 0 Å². The maximum Gasteiger partial charge on any atom is 0.344 e. The Bertz CT molecular complexity index is 686. The van der Waals surface area contributed by atoms with Crippen molar-refractivity contribution in [3.05, 3.63) is 29.3 Å². The van der Waals surface area contributed by atoms with Crippen LogP contribution in [0.4, 0.5) is 4.79 Å². The minimum absolute atomic E-state index is 0.399. The topological polar surface area (TPSA) is 87.7 Å². The van der Waals surface area contributed by atoms with Gasteiger partial charge in [-0.1, -0.05) is 30.9 Å². The number of amides is 4. The van der Waals surface area contributed by atoms with Gasteiger partial charge in [-0.15, -0.1) is 0 Å². The fraction of sp³-hybridized carbons (Fsp3) is 0.471. The fourth-order valence-electron chi connectivity index (χ4n) is 3.19. The minimum Gasteiger partial charge on any atom is -0.481 e. The number of halogens is 1. The van der Waals surface area contributed by atoms with Gasteiger partial charge in [-0.05, 0) is 44.0 Å². The number of rotatable bonds is 4. The molecular formula is C17H20ClN3O4. The van der Waals surface area contributed by atoms with Crippen molar-refractivity contribution >= 4 is 29.4 Å². The van der Waals surface area contributed by atoms with E-state index in [1.807, 2.05) is 0 Å². The fourth-order valence-corrected chi connectivity index (χ4v) is 3.31. The van der Waals surface area contributed by atoms with E-state index >= 15 is 0 Å². The molecule has 0 unspecified atom stereocenters. The van der Waals surface area contributed by atoms with Gasteiger partial charge in [0.1, 0.15) is 11.3 Å². The summed E-state index contributed by atoms with van der Waals surface area (Å²) in [5.74, 6) is -0.511. The van der Waals surface area contributed by atoms with Crippen LogP contribution in [-0.2, 0) is 9.59 Å². The van der Waals surface area contributed by atoms with Crippen LogP contribution in [-0.4, -0.2) is 34.5 Å². The molecule has 25 heavy (non-hydrogen) atoms. The first kappa shape index (κ1) is 17.5. The Morgan fingerprint density at radius 2 is 1.88 bits per heavy atom. The van der Waals surface area contributed by atoms with Crippen molar-refractivity contribution in [2.75, 3.05) is 0 Å². The number of nitrogens with zero attached hydrogens (tertiary/aromatic N) is 1. The van der Waals surface area contributed by atoms with Crippen LogP contribution in [0, 0.1) is 0 Å². The highest BCUT2D eigenvalue weighted by Gasteiger charge is 2.52. The van der Waals surface area contributed by atoms with Crippen LogP contribution in [0.1, 0.15) is 39.0 Å². The van der Waals surface area contributed by atoms with E-state index in [1.165, 1.54) is 0 Å². The van der Waals surface area contributed by atoms with Crippen LogP contribution in [0.15, 0.2) is 24.3 Å². The largest absolute Gasteiger partial charge is 0.481 e. The first-order valence-corrected chi connectivity index (χ1v) is 8.68. The molecule has 7 nitrogen and oxygen atoms in total. The molecule has 1 aliphatic carbocycles. The van der Waals surface area contributed by atoms with Crippen molar-refractivity contribution in [3.8, 4) is 5.75 Å². The number of ether oxygens (including phenoxy) is 1. The standard InChI is InChI=1S/C17H20ClN3O4/c1-11(25-13-7-5-12(18)6-8-13)14(22)20-21-15(23)17(19-16(21)24)9-3-2-4-10-17/h5-8,11H,2-4,9-10H2,1H3,(H,19,24)(H,20,22)/t11-/m1/s1. The summed E-state index contributed by atoms with van der Waals surface area (Å²) in [5, 5.41) is 4.07. The highest BCUT2D eigenvalue weighted by Crippen LogP contribution is 2.33. The summed E-state index contributed by atoms with van der Waals surface area (Å²) in [7, 11) is 0. The third-order valence-corrected chi connectivity index (χ3v) is 4.84. The number of benzene rings is 1. The summed E-state index contributed by atoms with van der Waals surface area (Å²) in [4.78, 5) is 37.1. The Kier molecular flexibility index (Phi) is 4.85. The number of carbonyl (C=O) groups excluding carboxylic acids is 3.